The normalized spacial score (nSPS) is 25.9. The number of hydrogen-bond donors (Lipinski definition) is 8. The highest BCUT2D eigenvalue weighted by Crippen LogP contribution is 2.56. The Morgan fingerprint density at radius 3 is 2.20 bits per heavy atom. The van der Waals surface area contributed by atoms with Gasteiger partial charge < -0.3 is 45.6 Å². The van der Waals surface area contributed by atoms with E-state index >= 15 is 0 Å². The van der Waals surface area contributed by atoms with Crippen LogP contribution in [-0.4, -0.2) is 75.2 Å². The minimum absolute atomic E-state index is 0.132. The first-order valence-corrected chi connectivity index (χ1v) is 13.9. The van der Waals surface area contributed by atoms with Crippen molar-refractivity contribution in [3.05, 3.63) is 99.8 Å². The summed E-state index contributed by atoms with van der Waals surface area (Å²) in [5, 5.41) is 86.3. The molecule has 0 aromatic heterocycles. The van der Waals surface area contributed by atoms with Gasteiger partial charge in [0.05, 0.1) is 24.4 Å². The van der Waals surface area contributed by atoms with Crippen LogP contribution in [0, 0.1) is 0 Å². The summed E-state index contributed by atoms with van der Waals surface area (Å²) in [6, 6.07) is 16.5. The highest BCUT2D eigenvalue weighted by atomic mass is 16.5. The Morgan fingerprint density at radius 2 is 1.53 bits per heavy atom. The fourth-order valence-electron chi connectivity index (χ4n) is 6.67. The van der Waals surface area contributed by atoms with Crippen molar-refractivity contribution in [1.82, 2.24) is 0 Å². The number of ketones is 2. The summed E-state index contributed by atoms with van der Waals surface area (Å²) in [5.41, 5.74) is -8.11. The van der Waals surface area contributed by atoms with Crippen LogP contribution in [0.2, 0.25) is 0 Å². The largest absolute Gasteiger partial charge is 0.508 e. The summed E-state index contributed by atoms with van der Waals surface area (Å²) >= 11 is 0. The highest BCUT2D eigenvalue weighted by Gasteiger charge is 2.71. The number of hydrogen-bond acceptors (Lipinski definition) is 11. The second-order valence-corrected chi connectivity index (χ2v) is 11.7. The first-order chi connectivity index (χ1) is 21.2. The first-order valence-electron chi connectivity index (χ1n) is 13.9. The van der Waals surface area contributed by atoms with Gasteiger partial charge >= 0.3 is 5.97 Å². The van der Waals surface area contributed by atoms with Crippen LogP contribution in [0.5, 0.6) is 11.5 Å². The molecule has 8 N–H and O–H groups in total. The van der Waals surface area contributed by atoms with E-state index in [0.717, 1.165) is 11.1 Å². The van der Waals surface area contributed by atoms with E-state index in [-0.39, 0.29) is 30.1 Å². The number of aliphatic carboxylic acids is 1. The van der Waals surface area contributed by atoms with Crippen LogP contribution in [0.1, 0.15) is 35.1 Å². The van der Waals surface area contributed by atoms with Gasteiger partial charge in [0, 0.05) is 19.3 Å². The zero-order valence-corrected chi connectivity index (χ0v) is 23.5. The molecular formula is C33H28O12. The summed E-state index contributed by atoms with van der Waals surface area (Å²) in [7, 11) is 0. The van der Waals surface area contributed by atoms with Crippen LogP contribution < -0.4 is 0 Å². The van der Waals surface area contributed by atoms with E-state index in [1.54, 1.807) is 42.5 Å². The lowest BCUT2D eigenvalue weighted by Gasteiger charge is -2.54. The third-order valence-corrected chi connectivity index (χ3v) is 8.75. The van der Waals surface area contributed by atoms with E-state index in [9.17, 15) is 55.2 Å². The molecule has 6 rings (SSSR count). The molecule has 3 aliphatic carbocycles. The third-order valence-electron chi connectivity index (χ3n) is 8.75. The maximum atomic E-state index is 13.7. The van der Waals surface area contributed by atoms with Crippen molar-refractivity contribution in [3.63, 3.8) is 0 Å². The molecule has 0 radical (unpaired) electrons. The topological polar surface area (TPSA) is 222 Å². The molecule has 1 saturated carbocycles. The monoisotopic (exact) mass is 616 g/mol. The number of carbonyl (C=O) groups excluding carboxylic acids is 2. The molecule has 0 saturated heterocycles. The van der Waals surface area contributed by atoms with Gasteiger partial charge in [0.15, 0.2) is 11.5 Å². The number of aliphatic hydroxyl groups excluding tert-OH is 2. The van der Waals surface area contributed by atoms with E-state index in [0.29, 0.717) is 11.1 Å². The molecule has 3 aliphatic rings. The molecule has 1 fully saturated rings. The lowest BCUT2D eigenvalue weighted by Crippen LogP contribution is -2.72. The Hall–Kier alpha value is -5.01. The molecule has 0 amide bonds. The predicted octanol–water partition coefficient (Wildman–Crippen LogP) is 2.34. The Bertz CT molecular complexity index is 1860. The van der Waals surface area contributed by atoms with Crippen LogP contribution in [0.4, 0.5) is 0 Å². The van der Waals surface area contributed by atoms with Crippen molar-refractivity contribution in [2.45, 2.75) is 49.3 Å². The summed E-state index contributed by atoms with van der Waals surface area (Å²) in [6.45, 7) is 0.522. The molecule has 3 aromatic rings. The molecule has 0 aliphatic heterocycles. The standard InChI is InChI=1S/C33H28O12/c34-19-3-1-2-17(10-19)14-45-13-16-4-6-18(7-5-16)20-8-9-22(35)24-21(20)11-31(42)15-32(43)12-23(36)25(30(40)41)28(38)33(32,44)29(39)26(31)27(24)37/h1-10,34-35,37-38,42-44H,11-15H2,(H,40,41)/t31-,32+,33-/m0/s1. The van der Waals surface area contributed by atoms with Crippen molar-refractivity contribution in [3.8, 4) is 22.6 Å². The van der Waals surface area contributed by atoms with Crippen molar-refractivity contribution in [1.29, 1.82) is 0 Å². The molecular weight excluding hydrogens is 588 g/mol. The Morgan fingerprint density at radius 1 is 0.844 bits per heavy atom. The predicted molar refractivity (Wildman–Crippen MR) is 155 cm³/mol. The first kappa shape index (κ1) is 30.0. The van der Waals surface area contributed by atoms with Crippen molar-refractivity contribution in [2.75, 3.05) is 0 Å². The quantitative estimate of drug-likeness (QED) is 0.187. The number of rotatable bonds is 6. The van der Waals surface area contributed by atoms with Gasteiger partial charge in [-0.1, -0.05) is 42.5 Å². The van der Waals surface area contributed by atoms with Gasteiger partial charge in [-0.05, 0) is 46.0 Å². The van der Waals surface area contributed by atoms with Gasteiger partial charge in [-0.25, -0.2) is 4.79 Å². The van der Waals surface area contributed by atoms with E-state index in [1.807, 2.05) is 6.07 Å². The van der Waals surface area contributed by atoms with Gasteiger partial charge in [0.2, 0.25) is 11.4 Å². The number of aromatic hydroxyl groups is 2. The Labute approximate surface area is 255 Å². The van der Waals surface area contributed by atoms with Gasteiger partial charge in [-0.2, -0.15) is 0 Å². The Balaban J connectivity index is 1.37. The number of Topliss-reactive ketones (excluding diaryl/α,β-unsaturated/α-hetero) is 2. The summed E-state index contributed by atoms with van der Waals surface area (Å²) in [5.74, 6) is -7.68. The third kappa shape index (κ3) is 4.49. The lowest BCUT2D eigenvalue weighted by molar-refractivity contribution is -0.200. The summed E-state index contributed by atoms with van der Waals surface area (Å²) in [4.78, 5) is 37.9. The van der Waals surface area contributed by atoms with E-state index < -0.39 is 82.0 Å². The number of carbonyl (C=O) groups is 3. The average molecular weight is 617 g/mol. The number of phenols is 2. The zero-order valence-electron chi connectivity index (χ0n) is 23.5. The number of fused-ring (bicyclic) bond motifs is 3. The second kappa shape index (κ2) is 10.3. The van der Waals surface area contributed by atoms with Crippen LogP contribution in [0.15, 0.2) is 77.6 Å². The average Bonchev–Trinajstić information content (AvgIpc) is 2.95. The molecule has 3 aromatic carbocycles. The van der Waals surface area contributed by atoms with Gasteiger partial charge in [0.1, 0.15) is 34.0 Å². The highest BCUT2D eigenvalue weighted by molar-refractivity contribution is 6.22. The van der Waals surface area contributed by atoms with Gasteiger partial charge in [-0.15, -0.1) is 0 Å². The van der Waals surface area contributed by atoms with Crippen molar-refractivity contribution < 1.29 is 60.0 Å². The van der Waals surface area contributed by atoms with E-state index in [2.05, 4.69) is 0 Å². The number of ether oxygens (including phenoxy) is 1. The fraction of sp³-hybridized carbons (Fsp3) is 0.242. The lowest BCUT2D eigenvalue weighted by atomic mass is 9.55. The number of benzene rings is 3. The van der Waals surface area contributed by atoms with Gasteiger partial charge in [0.25, 0.3) is 0 Å². The number of phenolic OH excluding ortho intramolecular Hbond substituents is 2. The van der Waals surface area contributed by atoms with Crippen LogP contribution in [-0.2, 0) is 38.8 Å². The Kier molecular flexibility index (Phi) is 6.86. The van der Waals surface area contributed by atoms with Crippen LogP contribution in [0.25, 0.3) is 16.9 Å². The summed E-state index contributed by atoms with van der Waals surface area (Å²) in [6.07, 6.45) is -2.50. The van der Waals surface area contributed by atoms with E-state index in [1.165, 1.54) is 12.1 Å². The van der Waals surface area contributed by atoms with Gasteiger partial charge in [-0.3, -0.25) is 9.59 Å². The fourth-order valence-corrected chi connectivity index (χ4v) is 6.67. The molecule has 12 heteroatoms. The molecule has 0 heterocycles. The summed E-state index contributed by atoms with van der Waals surface area (Å²) < 4.78 is 5.73. The number of carboxylic acids is 1. The van der Waals surface area contributed by atoms with Crippen LogP contribution in [0.3, 0.4) is 0 Å². The van der Waals surface area contributed by atoms with Crippen LogP contribution >= 0.6 is 0 Å². The molecule has 0 unspecified atom stereocenters. The zero-order chi connectivity index (χ0) is 32.5. The second-order valence-electron chi connectivity index (χ2n) is 11.7. The van der Waals surface area contributed by atoms with Crippen molar-refractivity contribution in [2.24, 2.45) is 0 Å². The SMILES string of the molecule is O=C(O)C1=C(O)[C@]2(O)C(=O)C3=C(O)c4c(O)ccc(-c5ccc(COCc6cccc(O)c6)cc5)c4C[C@]3(O)C[C@]2(O)CC1=O. The molecule has 12 nitrogen and oxygen atoms in total. The molecule has 0 bridgehead atoms. The molecule has 45 heavy (non-hydrogen) atoms. The maximum absolute atomic E-state index is 13.7. The number of aliphatic hydroxyl groups is 5. The minimum atomic E-state index is -3.37. The smallest absolute Gasteiger partial charge is 0.342 e. The number of carboxylic acid groups (broad SMARTS) is 1. The maximum Gasteiger partial charge on any atom is 0.342 e. The molecule has 0 spiro atoms. The molecule has 3 atom stereocenters. The van der Waals surface area contributed by atoms with Crippen molar-refractivity contribution >= 4 is 23.3 Å². The van der Waals surface area contributed by atoms with E-state index in [4.69, 9.17) is 4.74 Å². The minimum Gasteiger partial charge on any atom is -0.508 e. The molecule has 232 valence electrons.